The highest BCUT2D eigenvalue weighted by Gasteiger charge is 2.04. The SMILES string of the molecule is Cc1ccc(-c2cccc(C(C)C)c2)cc1CO. The van der Waals surface area contributed by atoms with E-state index in [1.807, 2.05) is 6.92 Å². The molecule has 0 bridgehead atoms. The van der Waals surface area contributed by atoms with Crippen LogP contribution in [-0.4, -0.2) is 5.11 Å². The van der Waals surface area contributed by atoms with Gasteiger partial charge in [0, 0.05) is 0 Å². The molecule has 0 aliphatic rings. The summed E-state index contributed by atoms with van der Waals surface area (Å²) in [5, 5.41) is 9.33. The second-order valence-electron chi connectivity index (χ2n) is 5.08. The van der Waals surface area contributed by atoms with Crippen molar-refractivity contribution in [3.05, 3.63) is 59.2 Å². The van der Waals surface area contributed by atoms with Gasteiger partial charge in [0.1, 0.15) is 0 Å². The predicted molar refractivity (Wildman–Crippen MR) is 76.6 cm³/mol. The van der Waals surface area contributed by atoms with Crippen molar-refractivity contribution in [1.82, 2.24) is 0 Å². The number of hydrogen-bond acceptors (Lipinski definition) is 1. The van der Waals surface area contributed by atoms with Crippen LogP contribution in [0.1, 0.15) is 36.5 Å². The van der Waals surface area contributed by atoms with Crippen LogP contribution < -0.4 is 0 Å². The molecule has 2 aromatic rings. The second kappa shape index (κ2) is 5.36. The van der Waals surface area contributed by atoms with Gasteiger partial charge in [0.15, 0.2) is 0 Å². The van der Waals surface area contributed by atoms with E-state index in [0.29, 0.717) is 5.92 Å². The lowest BCUT2D eigenvalue weighted by Crippen LogP contribution is -1.91. The van der Waals surface area contributed by atoms with Gasteiger partial charge in [-0.1, -0.05) is 50.2 Å². The van der Waals surface area contributed by atoms with Gasteiger partial charge in [-0.2, -0.15) is 0 Å². The largest absolute Gasteiger partial charge is 0.392 e. The number of rotatable bonds is 3. The third-order valence-corrected chi connectivity index (χ3v) is 3.41. The van der Waals surface area contributed by atoms with Crippen molar-refractivity contribution in [3.8, 4) is 11.1 Å². The molecule has 0 heterocycles. The van der Waals surface area contributed by atoms with Gasteiger partial charge in [0.05, 0.1) is 6.61 Å². The molecule has 0 unspecified atom stereocenters. The number of hydrogen-bond donors (Lipinski definition) is 1. The zero-order valence-electron chi connectivity index (χ0n) is 11.3. The van der Waals surface area contributed by atoms with Gasteiger partial charge in [-0.25, -0.2) is 0 Å². The lowest BCUT2D eigenvalue weighted by molar-refractivity contribution is 0.281. The highest BCUT2D eigenvalue weighted by atomic mass is 16.3. The molecule has 18 heavy (non-hydrogen) atoms. The molecule has 0 aliphatic heterocycles. The Balaban J connectivity index is 2.45. The highest BCUT2D eigenvalue weighted by molar-refractivity contribution is 5.65. The van der Waals surface area contributed by atoms with Crippen molar-refractivity contribution < 1.29 is 5.11 Å². The van der Waals surface area contributed by atoms with E-state index >= 15 is 0 Å². The summed E-state index contributed by atoms with van der Waals surface area (Å²) in [6.07, 6.45) is 0. The Kier molecular flexibility index (Phi) is 3.83. The normalized spacial score (nSPS) is 10.9. The van der Waals surface area contributed by atoms with Crippen molar-refractivity contribution in [2.45, 2.75) is 33.3 Å². The Morgan fingerprint density at radius 1 is 1.00 bits per heavy atom. The van der Waals surface area contributed by atoms with Crippen molar-refractivity contribution >= 4 is 0 Å². The molecule has 1 N–H and O–H groups in total. The predicted octanol–water partition coefficient (Wildman–Crippen LogP) is 4.28. The molecule has 2 aromatic carbocycles. The van der Waals surface area contributed by atoms with E-state index in [4.69, 9.17) is 0 Å². The van der Waals surface area contributed by atoms with E-state index in [9.17, 15) is 5.11 Å². The van der Waals surface area contributed by atoms with E-state index in [1.54, 1.807) is 0 Å². The third kappa shape index (κ3) is 2.62. The van der Waals surface area contributed by atoms with Gasteiger partial charge in [-0.3, -0.25) is 0 Å². The summed E-state index contributed by atoms with van der Waals surface area (Å²) < 4.78 is 0. The molecular weight excluding hydrogens is 220 g/mol. The molecule has 0 spiro atoms. The van der Waals surface area contributed by atoms with Gasteiger partial charge in [0.25, 0.3) is 0 Å². The van der Waals surface area contributed by atoms with Crippen molar-refractivity contribution in [3.63, 3.8) is 0 Å². The maximum Gasteiger partial charge on any atom is 0.0684 e. The lowest BCUT2D eigenvalue weighted by atomic mass is 9.95. The fourth-order valence-electron chi connectivity index (χ4n) is 2.10. The van der Waals surface area contributed by atoms with Crippen LogP contribution in [0.3, 0.4) is 0 Å². The molecule has 1 nitrogen and oxygen atoms in total. The summed E-state index contributed by atoms with van der Waals surface area (Å²) in [5.74, 6) is 0.535. The summed E-state index contributed by atoms with van der Waals surface area (Å²) in [6.45, 7) is 6.53. The fourth-order valence-corrected chi connectivity index (χ4v) is 2.10. The average molecular weight is 240 g/mol. The Morgan fingerprint density at radius 3 is 2.39 bits per heavy atom. The number of aryl methyl sites for hydroxylation is 1. The zero-order valence-corrected chi connectivity index (χ0v) is 11.3. The number of benzene rings is 2. The fraction of sp³-hybridized carbons (Fsp3) is 0.294. The van der Waals surface area contributed by atoms with Crippen LogP contribution in [0.4, 0.5) is 0 Å². The zero-order chi connectivity index (χ0) is 13.1. The average Bonchev–Trinajstić information content (AvgIpc) is 2.39. The quantitative estimate of drug-likeness (QED) is 0.849. The molecule has 0 saturated heterocycles. The van der Waals surface area contributed by atoms with Crippen LogP contribution in [0.2, 0.25) is 0 Å². The molecule has 1 heteroatoms. The minimum absolute atomic E-state index is 0.101. The summed E-state index contributed by atoms with van der Waals surface area (Å²) >= 11 is 0. The van der Waals surface area contributed by atoms with Crippen molar-refractivity contribution in [2.75, 3.05) is 0 Å². The van der Waals surface area contributed by atoms with Gasteiger partial charge < -0.3 is 5.11 Å². The molecule has 0 aliphatic carbocycles. The smallest absolute Gasteiger partial charge is 0.0684 e. The minimum Gasteiger partial charge on any atom is -0.392 e. The first-order valence-corrected chi connectivity index (χ1v) is 6.42. The highest BCUT2D eigenvalue weighted by Crippen LogP contribution is 2.25. The maximum atomic E-state index is 9.33. The van der Waals surface area contributed by atoms with Crippen LogP contribution in [0.5, 0.6) is 0 Å². The molecule has 0 atom stereocenters. The molecule has 0 amide bonds. The minimum atomic E-state index is 0.101. The van der Waals surface area contributed by atoms with E-state index in [0.717, 1.165) is 11.1 Å². The topological polar surface area (TPSA) is 20.2 Å². The molecule has 0 saturated carbocycles. The number of aliphatic hydroxyl groups is 1. The van der Waals surface area contributed by atoms with Crippen LogP contribution in [-0.2, 0) is 6.61 Å². The molecule has 0 aromatic heterocycles. The molecule has 0 radical (unpaired) electrons. The van der Waals surface area contributed by atoms with E-state index in [2.05, 4.69) is 56.3 Å². The van der Waals surface area contributed by atoms with Crippen LogP contribution in [0.25, 0.3) is 11.1 Å². The van der Waals surface area contributed by atoms with Crippen molar-refractivity contribution in [2.24, 2.45) is 0 Å². The monoisotopic (exact) mass is 240 g/mol. The first kappa shape index (κ1) is 12.8. The standard InChI is InChI=1S/C17H20O/c1-12(2)14-5-4-6-15(9-14)16-8-7-13(3)17(10-16)11-18/h4-10,12,18H,11H2,1-3H3. The van der Waals surface area contributed by atoms with Gasteiger partial charge in [0.2, 0.25) is 0 Å². The van der Waals surface area contributed by atoms with E-state index in [-0.39, 0.29) is 6.61 Å². The summed E-state index contributed by atoms with van der Waals surface area (Å²) in [7, 11) is 0. The second-order valence-corrected chi connectivity index (χ2v) is 5.08. The maximum absolute atomic E-state index is 9.33. The van der Waals surface area contributed by atoms with Crippen LogP contribution in [0.15, 0.2) is 42.5 Å². The Hall–Kier alpha value is -1.60. The first-order chi connectivity index (χ1) is 8.61. The summed E-state index contributed by atoms with van der Waals surface area (Å²) in [5.41, 5.74) is 5.88. The summed E-state index contributed by atoms with van der Waals surface area (Å²) in [6, 6.07) is 14.9. The Morgan fingerprint density at radius 2 is 1.72 bits per heavy atom. The van der Waals surface area contributed by atoms with Crippen LogP contribution >= 0.6 is 0 Å². The van der Waals surface area contributed by atoms with E-state index in [1.165, 1.54) is 16.7 Å². The summed E-state index contributed by atoms with van der Waals surface area (Å²) in [4.78, 5) is 0. The molecule has 94 valence electrons. The Bertz CT molecular complexity index is 541. The Labute approximate surface area is 109 Å². The molecule has 0 fully saturated rings. The van der Waals surface area contributed by atoms with Gasteiger partial charge in [-0.15, -0.1) is 0 Å². The number of aliphatic hydroxyl groups excluding tert-OH is 1. The first-order valence-electron chi connectivity index (χ1n) is 6.42. The van der Waals surface area contributed by atoms with Gasteiger partial charge in [-0.05, 0) is 46.7 Å². The van der Waals surface area contributed by atoms with Crippen LogP contribution in [0, 0.1) is 6.92 Å². The van der Waals surface area contributed by atoms with Crippen molar-refractivity contribution in [1.29, 1.82) is 0 Å². The lowest BCUT2D eigenvalue weighted by Gasteiger charge is -2.10. The molecule has 2 rings (SSSR count). The van der Waals surface area contributed by atoms with Gasteiger partial charge >= 0.3 is 0 Å². The van der Waals surface area contributed by atoms with E-state index < -0.39 is 0 Å². The third-order valence-electron chi connectivity index (χ3n) is 3.41. The molecular formula is C17H20O.